The van der Waals surface area contributed by atoms with Gasteiger partial charge in [-0.3, -0.25) is 13.7 Å². The quantitative estimate of drug-likeness (QED) is 0.152. The third-order valence-corrected chi connectivity index (χ3v) is 14.4. The summed E-state index contributed by atoms with van der Waals surface area (Å²) in [4.78, 5) is 21.0. The van der Waals surface area contributed by atoms with E-state index in [-0.39, 0.29) is 0 Å². The van der Waals surface area contributed by atoms with Crippen molar-refractivity contribution >= 4 is 65.7 Å². The van der Waals surface area contributed by atoms with E-state index in [1.54, 1.807) is 0 Å². The summed E-state index contributed by atoms with van der Waals surface area (Å²) < 4.78 is 9.31. The lowest BCUT2D eigenvalue weighted by molar-refractivity contribution is 0.953. The van der Waals surface area contributed by atoms with Crippen molar-refractivity contribution < 1.29 is 0 Å². The van der Waals surface area contributed by atoms with Gasteiger partial charge in [0.05, 0.1) is 27.6 Å². The average Bonchev–Trinajstić information content (AvgIpc) is 4.26. The molecule has 0 fully saturated rings. The van der Waals surface area contributed by atoms with E-state index in [1.165, 1.54) is 0 Å². The van der Waals surface area contributed by atoms with Gasteiger partial charge < -0.3 is 4.57 Å². The van der Waals surface area contributed by atoms with Crippen molar-refractivity contribution in [1.82, 2.24) is 38.2 Å². The van der Waals surface area contributed by atoms with Crippen LogP contribution in [0.15, 0.2) is 255 Å². The van der Waals surface area contributed by atoms with Gasteiger partial charge in [-0.1, -0.05) is 176 Å². The largest absolute Gasteiger partial charge is 0.309 e. The molecule has 0 bridgehead atoms. The molecule has 15 aromatic rings. The van der Waals surface area contributed by atoms with Gasteiger partial charge in [0.15, 0.2) is 17.3 Å². The monoisotopic (exact) mass is 946 g/mol. The number of nitrogens with zero attached hydrogens (tertiary/aromatic N) is 8. The summed E-state index contributed by atoms with van der Waals surface area (Å²) >= 11 is 0. The van der Waals surface area contributed by atoms with Crippen molar-refractivity contribution in [1.29, 1.82) is 0 Å². The smallest absolute Gasteiger partial charge is 0.238 e. The Morgan fingerprint density at radius 3 is 1.27 bits per heavy atom. The van der Waals surface area contributed by atoms with E-state index in [0.29, 0.717) is 17.6 Å². The normalized spacial score (nSPS) is 11.8. The van der Waals surface area contributed by atoms with Crippen LogP contribution in [0.25, 0.3) is 134 Å². The highest BCUT2D eigenvalue weighted by Gasteiger charge is 2.27. The van der Waals surface area contributed by atoms with Crippen molar-refractivity contribution in [2.45, 2.75) is 0 Å². The van der Waals surface area contributed by atoms with E-state index in [9.17, 15) is 0 Å². The van der Waals surface area contributed by atoms with Crippen LogP contribution in [0.1, 0.15) is 0 Å². The maximum absolute atomic E-state index is 5.61. The maximum atomic E-state index is 5.61. The fourth-order valence-electron chi connectivity index (χ4n) is 11.2. The second kappa shape index (κ2) is 16.7. The molecule has 5 aromatic heterocycles. The molecule has 346 valence electrons. The lowest BCUT2D eigenvalue weighted by Crippen LogP contribution is -2.06. The minimum atomic E-state index is 0.565. The second-order valence-electron chi connectivity index (χ2n) is 18.7. The number of para-hydroxylation sites is 4. The molecule has 0 spiro atoms. The highest BCUT2D eigenvalue weighted by molar-refractivity contribution is 6.29. The molecule has 8 heteroatoms. The van der Waals surface area contributed by atoms with Gasteiger partial charge in [-0.2, -0.15) is 9.97 Å². The van der Waals surface area contributed by atoms with Crippen molar-refractivity contribution in [2.75, 3.05) is 0 Å². The van der Waals surface area contributed by atoms with Gasteiger partial charge in [0.2, 0.25) is 5.95 Å². The molecular formula is C66H42N8. The molecule has 0 atom stereocenters. The van der Waals surface area contributed by atoms with Gasteiger partial charge in [0, 0.05) is 60.7 Å². The Balaban J connectivity index is 1.01. The minimum absolute atomic E-state index is 0.565. The van der Waals surface area contributed by atoms with Gasteiger partial charge in [-0.25, -0.2) is 9.97 Å². The molecule has 15 rings (SSSR count). The molecule has 10 aromatic carbocycles. The summed E-state index contributed by atoms with van der Waals surface area (Å²) in [7, 11) is 0. The van der Waals surface area contributed by atoms with Gasteiger partial charge in [0.25, 0.3) is 0 Å². The van der Waals surface area contributed by atoms with Crippen molar-refractivity contribution in [3.05, 3.63) is 255 Å². The van der Waals surface area contributed by atoms with Crippen LogP contribution < -0.4 is 0 Å². The summed E-state index contributed by atoms with van der Waals surface area (Å²) in [5.74, 6) is 2.69. The number of hydrogen-bond donors (Lipinski definition) is 0. The summed E-state index contributed by atoms with van der Waals surface area (Å²) in [5.41, 5.74) is 15.6. The first-order valence-corrected chi connectivity index (χ1v) is 24.9. The van der Waals surface area contributed by atoms with Crippen LogP contribution in [0.2, 0.25) is 0 Å². The Kier molecular flexibility index (Phi) is 9.40. The standard InChI is InChI=1S/C66H42N8/c1-7-21-43(22-8-1)62-67-63(44-23-9-2-10-24-44)69-66(68-62)74-54-34-20-19-33-51(54)52-41-46(35-37-55(52)74)47-36-38-56-53(42-47)59-57(71(56)48-27-13-4-14-28-48)39-40-58-60(59)61-65(72(58)49-29-15-5-16-30-49)70-64(45-25-11-3-12-26-45)73(61)50-31-17-6-18-32-50/h1-42H. The van der Waals surface area contributed by atoms with Crippen LogP contribution in [0.3, 0.4) is 0 Å². The Morgan fingerprint density at radius 1 is 0.257 bits per heavy atom. The Morgan fingerprint density at radius 2 is 0.689 bits per heavy atom. The highest BCUT2D eigenvalue weighted by Crippen LogP contribution is 2.46. The van der Waals surface area contributed by atoms with E-state index in [2.05, 4.69) is 212 Å². The van der Waals surface area contributed by atoms with Gasteiger partial charge in [-0.05, 0) is 90.0 Å². The van der Waals surface area contributed by atoms with E-state index in [4.69, 9.17) is 19.9 Å². The van der Waals surface area contributed by atoms with Gasteiger partial charge >= 0.3 is 0 Å². The molecule has 0 aliphatic rings. The minimum Gasteiger partial charge on any atom is -0.309 e. The molecule has 0 radical (unpaired) electrons. The molecule has 0 aliphatic carbocycles. The third-order valence-electron chi connectivity index (χ3n) is 14.4. The molecule has 0 N–H and O–H groups in total. The fourth-order valence-corrected chi connectivity index (χ4v) is 11.2. The first-order chi connectivity index (χ1) is 36.7. The van der Waals surface area contributed by atoms with Crippen molar-refractivity contribution in [3.8, 4) is 68.3 Å². The zero-order valence-electron chi connectivity index (χ0n) is 39.8. The van der Waals surface area contributed by atoms with E-state index in [0.717, 1.165) is 116 Å². The molecule has 0 saturated carbocycles. The summed E-state index contributed by atoms with van der Waals surface area (Å²) in [6.07, 6.45) is 0. The lowest BCUT2D eigenvalue weighted by Gasteiger charge is -2.11. The van der Waals surface area contributed by atoms with E-state index < -0.39 is 0 Å². The number of hydrogen-bond acceptors (Lipinski definition) is 4. The second-order valence-corrected chi connectivity index (χ2v) is 18.7. The zero-order valence-corrected chi connectivity index (χ0v) is 39.8. The average molecular weight is 947 g/mol. The molecule has 0 unspecified atom stereocenters. The number of fused-ring (bicyclic) bond motifs is 10. The molecule has 0 saturated heterocycles. The molecule has 74 heavy (non-hydrogen) atoms. The number of aromatic nitrogens is 8. The van der Waals surface area contributed by atoms with E-state index >= 15 is 0 Å². The van der Waals surface area contributed by atoms with Crippen LogP contribution in [0.4, 0.5) is 0 Å². The van der Waals surface area contributed by atoms with Crippen LogP contribution in [0, 0.1) is 0 Å². The topological polar surface area (TPSA) is 71.3 Å². The molecule has 0 aliphatic heterocycles. The summed E-state index contributed by atoms with van der Waals surface area (Å²) in [6.45, 7) is 0. The van der Waals surface area contributed by atoms with Crippen LogP contribution in [-0.4, -0.2) is 38.2 Å². The Labute approximate surface area is 425 Å². The van der Waals surface area contributed by atoms with Crippen molar-refractivity contribution in [2.24, 2.45) is 0 Å². The predicted octanol–water partition coefficient (Wildman–Crippen LogP) is 16.0. The molecule has 0 amide bonds. The lowest BCUT2D eigenvalue weighted by atomic mass is 9.99. The first kappa shape index (κ1) is 41.6. The van der Waals surface area contributed by atoms with E-state index in [1.807, 2.05) is 60.7 Å². The number of rotatable bonds is 8. The van der Waals surface area contributed by atoms with Crippen LogP contribution >= 0.6 is 0 Å². The zero-order chi connectivity index (χ0) is 48.7. The predicted molar refractivity (Wildman–Crippen MR) is 302 cm³/mol. The third kappa shape index (κ3) is 6.48. The van der Waals surface area contributed by atoms with Crippen LogP contribution in [-0.2, 0) is 0 Å². The molecule has 5 heterocycles. The molecular weight excluding hydrogens is 905 g/mol. The van der Waals surface area contributed by atoms with Crippen molar-refractivity contribution in [3.63, 3.8) is 0 Å². The fraction of sp³-hybridized carbons (Fsp3) is 0. The number of imidazole rings is 1. The Hall–Kier alpha value is -10.2. The van der Waals surface area contributed by atoms with Crippen LogP contribution in [0.5, 0.6) is 0 Å². The van der Waals surface area contributed by atoms with Gasteiger partial charge in [-0.15, -0.1) is 0 Å². The SMILES string of the molecule is c1ccc(-c2nc(-c3ccccc3)nc(-n3c4ccccc4c4cc(-c5ccc6c(c5)c5c7c8c(nc(-c9ccccc9)n8-c8ccccc8)n(-c8ccccc8)c7ccc5n6-c5ccccc5)ccc43)n2)cc1. The molecule has 8 nitrogen and oxygen atoms in total. The number of benzene rings is 10. The van der Waals surface area contributed by atoms with Gasteiger partial charge in [0.1, 0.15) is 11.3 Å². The first-order valence-electron chi connectivity index (χ1n) is 24.9. The summed E-state index contributed by atoms with van der Waals surface area (Å²) in [5, 5.41) is 5.67. The Bertz CT molecular complexity index is 4560. The summed E-state index contributed by atoms with van der Waals surface area (Å²) in [6, 6.07) is 89.7. The highest BCUT2D eigenvalue weighted by atomic mass is 15.2. The maximum Gasteiger partial charge on any atom is 0.238 e.